The van der Waals surface area contributed by atoms with Crippen molar-refractivity contribution in [2.45, 2.75) is 0 Å². The van der Waals surface area contributed by atoms with Crippen LogP contribution in [-0.2, 0) is 0 Å². The van der Waals surface area contributed by atoms with E-state index < -0.39 is 0 Å². The zero-order valence-corrected chi connectivity index (χ0v) is 10.1. The Labute approximate surface area is 86.9 Å². The molecule has 0 saturated carbocycles. The van der Waals surface area contributed by atoms with Crippen LogP contribution in [0.3, 0.4) is 0 Å². The van der Waals surface area contributed by atoms with Crippen LogP contribution in [-0.4, -0.2) is 10.5 Å². The molecule has 0 aliphatic carbocycles. The molecule has 2 aromatic rings. The molecule has 0 spiro atoms. The molecule has 0 aliphatic heterocycles. The van der Waals surface area contributed by atoms with Crippen LogP contribution in [0.15, 0.2) is 54.6 Å². The van der Waals surface area contributed by atoms with Gasteiger partial charge in [-0.15, -0.1) is 0 Å². The highest BCUT2D eigenvalue weighted by atomic mass is 28.2. The molecular weight excluding hydrogens is 188 g/mol. The van der Waals surface area contributed by atoms with Gasteiger partial charge >= 0.3 is 0 Å². The predicted octanol–water partition coefficient (Wildman–Crippen LogP) is 2.01. The molecule has 2 aromatic carbocycles. The molecular formula is C12H12OSi. The SMILES string of the molecule is [SiH3]Oc1ccc(-c2ccccc2)cc1. The first kappa shape index (κ1) is 9.03. The van der Waals surface area contributed by atoms with Gasteiger partial charge in [0.1, 0.15) is 5.75 Å². The molecule has 0 aromatic heterocycles. The molecule has 0 N–H and O–H groups in total. The van der Waals surface area contributed by atoms with Crippen LogP contribution in [0.5, 0.6) is 5.75 Å². The molecule has 0 saturated heterocycles. The van der Waals surface area contributed by atoms with Crippen molar-refractivity contribution in [3.8, 4) is 16.9 Å². The van der Waals surface area contributed by atoms with E-state index >= 15 is 0 Å². The molecule has 0 radical (unpaired) electrons. The van der Waals surface area contributed by atoms with E-state index in [1.165, 1.54) is 11.1 Å². The Morgan fingerprint density at radius 1 is 0.714 bits per heavy atom. The first-order chi connectivity index (χ1) is 6.90. The summed E-state index contributed by atoms with van der Waals surface area (Å²) in [5.41, 5.74) is 2.47. The Morgan fingerprint density at radius 3 is 1.86 bits per heavy atom. The van der Waals surface area contributed by atoms with Gasteiger partial charge < -0.3 is 4.43 Å². The minimum atomic E-state index is 0.745. The summed E-state index contributed by atoms with van der Waals surface area (Å²) in [6.07, 6.45) is 0. The van der Waals surface area contributed by atoms with Crippen LogP contribution < -0.4 is 4.43 Å². The fraction of sp³-hybridized carbons (Fsp3) is 0. The lowest BCUT2D eigenvalue weighted by Crippen LogP contribution is -1.84. The quantitative estimate of drug-likeness (QED) is 0.674. The third-order valence-corrected chi connectivity index (χ3v) is 2.67. The van der Waals surface area contributed by atoms with Gasteiger partial charge in [0.25, 0.3) is 0 Å². The second kappa shape index (κ2) is 4.11. The third kappa shape index (κ3) is 1.85. The van der Waals surface area contributed by atoms with Crippen LogP contribution >= 0.6 is 0 Å². The van der Waals surface area contributed by atoms with Gasteiger partial charge in [-0.25, -0.2) is 0 Å². The average Bonchev–Trinajstić information content (AvgIpc) is 2.30. The summed E-state index contributed by atoms with van der Waals surface area (Å²) >= 11 is 0. The minimum Gasteiger partial charge on any atom is -0.553 e. The smallest absolute Gasteiger partial charge is 0.204 e. The van der Waals surface area contributed by atoms with E-state index in [1.54, 1.807) is 0 Å². The number of benzene rings is 2. The molecule has 0 bridgehead atoms. The van der Waals surface area contributed by atoms with Gasteiger partial charge in [0.15, 0.2) is 0 Å². The second-order valence-corrected chi connectivity index (χ2v) is 3.50. The summed E-state index contributed by atoms with van der Waals surface area (Å²) in [5.74, 6) is 0.955. The van der Waals surface area contributed by atoms with Crippen molar-refractivity contribution in [2.75, 3.05) is 0 Å². The maximum atomic E-state index is 5.24. The molecule has 0 heterocycles. The number of hydrogen-bond donors (Lipinski definition) is 0. The molecule has 14 heavy (non-hydrogen) atoms. The molecule has 70 valence electrons. The standard InChI is InChI=1S/C12H12OSi/c14-13-12-8-6-11(7-9-12)10-4-2-1-3-5-10/h1-9H,14H3. The van der Waals surface area contributed by atoms with Gasteiger partial charge in [-0.05, 0) is 23.3 Å². The molecule has 0 aliphatic rings. The van der Waals surface area contributed by atoms with Crippen molar-refractivity contribution in [3.63, 3.8) is 0 Å². The molecule has 0 unspecified atom stereocenters. The Hall–Kier alpha value is -1.54. The molecule has 0 atom stereocenters. The topological polar surface area (TPSA) is 9.23 Å². The van der Waals surface area contributed by atoms with Crippen molar-refractivity contribution in [1.82, 2.24) is 0 Å². The Bertz CT molecular complexity index is 394. The molecule has 1 nitrogen and oxygen atoms in total. The lowest BCUT2D eigenvalue weighted by Gasteiger charge is -2.03. The van der Waals surface area contributed by atoms with E-state index in [0.717, 1.165) is 16.2 Å². The summed E-state index contributed by atoms with van der Waals surface area (Å²) in [6.45, 7) is 0. The summed E-state index contributed by atoms with van der Waals surface area (Å²) in [5, 5.41) is 0. The van der Waals surface area contributed by atoms with E-state index in [4.69, 9.17) is 4.43 Å². The molecule has 2 heteroatoms. The normalized spacial score (nSPS) is 10.0. The summed E-state index contributed by atoms with van der Waals surface area (Å²) in [4.78, 5) is 0. The predicted molar refractivity (Wildman–Crippen MR) is 62.4 cm³/mol. The van der Waals surface area contributed by atoms with Crippen LogP contribution in [0, 0.1) is 0 Å². The number of rotatable bonds is 2. The lowest BCUT2D eigenvalue weighted by atomic mass is 10.1. The fourth-order valence-electron chi connectivity index (χ4n) is 1.41. The molecule has 2 rings (SSSR count). The minimum absolute atomic E-state index is 0.745. The maximum Gasteiger partial charge on any atom is 0.204 e. The highest BCUT2D eigenvalue weighted by Gasteiger charge is 1.95. The first-order valence-corrected chi connectivity index (χ1v) is 5.41. The molecule has 0 fully saturated rings. The third-order valence-electron chi connectivity index (χ3n) is 2.20. The van der Waals surface area contributed by atoms with Crippen molar-refractivity contribution in [3.05, 3.63) is 54.6 Å². The van der Waals surface area contributed by atoms with Gasteiger partial charge in [-0.1, -0.05) is 42.5 Å². The van der Waals surface area contributed by atoms with E-state index in [-0.39, 0.29) is 0 Å². The van der Waals surface area contributed by atoms with Crippen LogP contribution in [0.25, 0.3) is 11.1 Å². The van der Waals surface area contributed by atoms with Crippen molar-refractivity contribution >= 4 is 10.5 Å². The monoisotopic (exact) mass is 200 g/mol. The first-order valence-electron chi connectivity index (χ1n) is 4.59. The molecule has 0 amide bonds. The zero-order valence-electron chi connectivity index (χ0n) is 8.10. The summed E-state index contributed by atoms with van der Waals surface area (Å²) < 4.78 is 5.24. The highest BCUT2D eigenvalue weighted by molar-refractivity contribution is 5.99. The van der Waals surface area contributed by atoms with Gasteiger partial charge in [-0.3, -0.25) is 0 Å². The van der Waals surface area contributed by atoms with Gasteiger partial charge in [-0.2, -0.15) is 0 Å². The zero-order chi connectivity index (χ0) is 9.80. The van der Waals surface area contributed by atoms with Gasteiger partial charge in [0.05, 0.1) is 0 Å². The number of hydrogen-bond acceptors (Lipinski definition) is 1. The Kier molecular flexibility index (Phi) is 2.65. The average molecular weight is 200 g/mol. The van der Waals surface area contributed by atoms with Gasteiger partial charge in [0.2, 0.25) is 10.5 Å². The Balaban J connectivity index is 2.34. The largest absolute Gasteiger partial charge is 0.553 e. The Morgan fingerprint density at radius 2 is 1.29 bits per heavy atom. The van der Waals surface area contributed by atoms with Crippen molar-refractivity contribution < 1.29 is 4.43 Å². The van der Waals surface area contributed by atoms with E-state index in [2.05, 4.69) is 24.3 Å². The fourth-order valence-corrected chi connectivity index (χ4v) is 1.69. The second-order valence-electron chi connectivity index (χ2n) is 3.09. The maximum absolute atomic E-state index is 5.24. The van der Waals surface area contributed by atoms with Crippen LogP contribution in [0.4, 0.5) is 0 Å². The van der Waals surface area contributed by atoms with Crippen LogP contribution in [0.2, 0.25) is 0 Å². The van der Waals surface area contributed by atoms with E-state index in [9.17, 15) is 0 Å². The highest BCUT2D eigenvalue weighted by Crippen LogP contribution is 2.21. The summed E-state index contributed by atoms with van der Waals surface area (Å²) in [6, 6.07) is 18.5. The van der Waals surface area contributed by atoms with E-state index in [1.807, 2.05) is 30.3 Å². The van der Waals surface area contributed by atoms with Crippen molar-refractivity contribution in [2.24, 2.45) is 0 Å². The van der Waals surface area contributed by atoms with Crippen molar-refractivity contribution in [1.29, 1.82) is 0 Å². The van der Waals surface area contributed by atoms with Gasteiger partial charge in [0, 0.05) is 0 Å². The summed E-state index contributed by atoms with van der Waals surface area (Å²) in [7, 11) is 0.745. The van der Waals surface area contributed by atoms with Crippen LogP contribution in [0.1, 0.15) is 0 Å². The lowest BCUT2D eigenvalue weighted by molar-refractivity contribution is 0.616. The van der Waals surface area contributed by atoms with E-state index in [0.29, 0.717) is 0 Å².